The zero-order valence-electron chi connectivity index (χ0n) is 13.7. The highest BCUT2D eigenvalue weighted by molar-refractivity contribution is 6.30. The fourth-order valence-corrected chi connectivity index (χ4v) is 2.07. The number of carbonyl (C=O) groups excluding carboxylic acids is 2. The van der Waals surface area contributed by atoms with E-state index in [9.17, 15) is 14.0 Å². The van der Waals surface area contributed by atoms with Crippen molar-refractivity contribution in [2.24, 2.45) is 0 Å². The molecule has 25 heavy (non-hydrogen) atoms. The number of nitrogens with one attached hydrogen (secondary N) is 1. The van der Waals surface area contributed by atoms with Crippen molar-refractivity contribution in [2.45, 2.75) is 20.0 Å². The smallest absolute Gasteiger partial charge is 0.338 e. The molecule has 0 unspecified atom stereocenters. The number of rotatable bonds is 6. The monoisotopic (exact) mass is 365 g/mol. The van der Waals surface area contributed by atoms with Crippen LogP contribution >= 0.6 is 11.6 Å². The molecule has 0 aliphatic rings. The van der Waals surface area contributed by atoms with E-state index in [0.717, 1.165) is 6.07 Å². The van der Waals surface area contributed by atoms with Crippen LogP contribution < -0.4 is 10.1 Å². The Bertz CT molecular complexity index is 762. The van der Waals surface area contributed by atoms with Crippen molar-refractivity contribution in [3.63, 3.8) is 0 Å². The van der Waals surface area contributed by atoms with Crippen LogP contribution in [0.3, 0.4) is 0 Å². The maximum Gasteiger partial charge on any atom is 0.338 e. The van der Waals surface area contributed by atoms with Gasteiger partial charge in [-0.25, -0.2) is 9.18 Å². The van der Waals surface area contributed by atoms with Crippen molar-refractivity contribution in [3.8, 4) is 5.75 Å². The molecular formula is C18H17ClFNO4. The van der Waals surface area contributed by atoms with Crippen LogP contribution in [0.5, 0.6) is 5.75 Å². The molecule has 0 saturated carbocycles. The summed E-state index contributed by atoms with van der Waals surface area (Å²) in [5.41, 5.74) is 0.361. The Labute approximate surface area is 149 Å². The Balaban J connectivity index is 1.89. The molecule has 0 saturated heterocycles. The molecule has 0 atom stereocenters. The third-order valence-corrected chi connectivity index (χ3v) is 3.24. The van der Waals surface area contributed by atoms with Crippen LogP contribution in [-0.4, -0.2) is 24.6 Å². The van der Waals surface area contributed by atoms with Gasteiger partial charge >= 0.3 is 5.97 Å². The molecule has 7 heteroatoms. The van der Waals surface area contributed by atoms with E-state index in [-0.39, 0.29) is 18.4 Å². The molecule has 2 rings (SSSR count). The summed E-state index contributed by atoms with van der Waals surface area (Å²) in [5.74, 6) is -1.17. The quantitative estimate of drug-likeness (QED) is 0.784. The van der Waals surface area contributed by atoms with Crippen molar-refractivity contribution in [2.75, 3.05) is 11.9 Å². The van der Waals surface area contributed by atoms with Gasteiger partial charge in [0.15, 0.2) is 6.61 Å². The number of amides is 1. The number of benzene rings is 2. The van der Waals surface area contributed by atoms with Gasteiger partial charge in [-0.15, -0.1) is 0 Å². The second-order valence-electron chi connectivity index (χ2n) is 5.44. The number of carbonyl (C=O) groups is 2. The Morgan fingerprint density at radius 3 is 2.48 bits per heavy atom. The molecule has 0 aromatic heterocycles. The largest absolute Gasteiger partial charge is 0.484 e. The minimum Gasteiger partial charge on any atom is -0.484 e. The van der Waals surface area contributed by atoms with E-state index in [1.54, 1.807) is 26.0 Å². The van der Waals surface area contributed by atoms with Gasteiger partial charge in [-0.05, 0) is 56.3 Å². The number of esters is 1. The molecule has 2 aromatic carbocycles. The molecule has 5 nitrogen and oxygen atoms in total. The number of hydrogen-bond donors (Lipinski definition) is 1. The van der Waals surface area contributed by atoms with Gasteiger partial charge in [-0.1, -0.05) is 11.6 Å². The number of anilines is 1. The van der Waals surface area contributed by atoms with E-state index in [1.807, 2.05) is 0 Å². The third-order valence-electron chi connectivity index (χ3n) is 3.01. The summed E-state index contributed by atoms with van der Waals surface area (Å²) in [5, 5.41) is 2.68. The topological polar surface area (TPSA) is 64.6 Å². The zero-order valence-corrected chi connectivity index (χ0v) is 14.5. The Morgan fingerprint density at radius 2 is 1.84 bits per heavy atom. The summed E-state index contributed by atoms with van der Waals surface area (Å²) in [6, 6.07) is 10.0. The number of ether oxygens (including phenoxy) is 2. The third kappa shape index (κ3) is 5.76. The van der Waals surface area contributed by atoms with Crippen molar-refractivity contribution >= 4 is 29.2 Å². The van der Waals surface area contributed by atoms with Crippen molar-refractivity contribution in [3.05, 3.63) is 58.9 Å². The van der Waals surface area contributed by atoms with Crippen LogP contribution in [0.25, 0.3) is 0 Å². The standard InChI is InChI=1S/C18H17ClFNO4/c1-11(2)25-18(23)12-3-6-14(7-4-12)24-10-17(22)21-16-9-13(19)5-8-15(16)20/h3-9,11H,10H2,1-2H3,(H,21,22). The van der Waals surface area contributed by atoms with E-state index < -0.39 is 17.7 Å². The van der Waals surface area contributed by atoms with Gasteiger partial charge in [0.05, 0.1) is 17.4 Å². The first-order valence-electron chi connectivity index (χ1n) is 7.54. The van der Waals surface area contributed by atoms with E-state index in [4.69, 9.17) is 21.1 Å². The van der Waals surface area contributed by atoms with Gasteiger partial charge in [0.25, 0.3) is 5.91 Å². The lowest BCUT2D eigenvalue weighted by Crippen LogP contribution is -2.20. The maximum atomic E-state index is 13.5. The number of halogens is 2. The van der Waals surface area contributed by atoms with Crippen molar-refractivity contribution in [1.82, 2.24) is 0 Å². The molecular weight excluding hydrogens is 349 g/mol. The van der Waals surface area contributed by atoms with Crippen LogP contribution in [0.15, 0.2) is 42.5 Å². The second kappa shape index (κ2) is 8.48. The lowest BCUT2D eigenvalue weighted by Gasteiger charge is -2.10. The minimum absolute atomic E-state index is 0.0205. The summed E-state index contributed by atoms with van der Waals surface area (Å²) >= 11 is 5.76. The van der Waals surface area contributed by atoms with E-state index in [0.29, 0.717) is 16.3 Å². The zero-order chi connectivity index (χ0) is 18.4. The molecule has 0 radical (unpaired) electrons. The first-order chi connectivity index (χ1) is 11.8. The molecule has 0 fully saturated rings. The van der Waals surface area contributed by atoms with Gasteiger partial charge < -0.3 is 14.8 Å². The molecule has 2 aromatic rings. The maximum absolute atomic E-state index is 13.5. The van der Waals surface area contributed by atoms with Crippen LogP contribution in [0, 0.1) is 5.82 Å². The summed E-state index contributed by atoms with van der Waals surface area (Å²) in [6.45, 7) is 3.20. The highest BCUT2D eigenvalue weighted by Gasteiger charge is 2.11. The van der Waals surface area contributed by atoms with E-state index >= 15 is 0 Å². The highest BCUT2D eigenvalue weighted by Crippen LogP contribution is 2.19. The van der Waals surface area contributed by atoms with E-state index in [2.05, 4.69) is 5.32 Å². The predicted octanol–water partition coefficient (Wildman–Crippen LogP) is 4.06. The molecule has 0 heterocycles. The van der Waals surface area contributed by atoms with Crippen molar-refractivity contribution < 1.29 is 23.5 Å². The summed E-state index contributed by atoms with van der Waals surface area (Å²) in [7, 11) is 0. The lowest BCUT2D eigenvalue weighted by molar-refractivity contribution is -0.118. The molecule has 0 spiro atoms. The predicted molar refractivity (Wildman–Crippen MR) is 92.5 cm³/mol. The molecule has 0 bridgehead atoms. The normalized spacial score (nSPS) is 10.4. The molecule has 1 amide bonds. The first kappa shape index (κ1) is 18.7. The summed E-state index contributed by atoms with van der Waals surface area (Å²) in [6.07, 6.45) is -0.209. The molecule has 0 aliphatic carbocycles. The molecule has 132 valence electrons. The SMILES string of the molecule is CC(C)OC(=O)c1ccc(OCC(=O)Nc2cc(Cl)ccc2F)cc1. The van der Waals surface area contributed by atoms with Gasteiger partial charge in [0.1, 0.15) is 11.6 Å². The van der Waals surface area contributed by atoms with E-state index in [1.165, 1.54) is 24.3 Å². The minimum atomic E-state index is -0.592. The van der Waals surface area contributed by atoms with Crippen LogP contribution in [0.4, 0.5) is 10.1 Å². The van der Waals surface area contributed by atoms with Crippen molar-refractivity contribution in [1.29, 1.82) is 0 Å². The van der Waals surface area contributed by atoms with Gasteiger partial charge in [0, 0.05) is 5.02 Å². The van der Waals surface area contributed by atoms with Gasteiger partial charge in [-0.2, -0.15) is 0 Å². The average Bonchev–Trinajstić information content (AvgIpc) is 2.56. The van der Waals surface area contributed by atoms with Crippen LogP contribution in [0.2, 0.25) is 5.02 Å². The van der Waals surface area contributed by atoms with Gasteiger partial charge in [-0.3, -0.25) is 4.79 Å². The Morgan fingerprint density at radius 1 is 1.16 bits per heavy atom. The number of hydrogen-bond acceptors (Lipinski definition) is 4. The first-order valence-corrected chi connectivity index (χ1v) is 7.91. The summed E-state index contributed by atoms with van der Waals surface area (Å²) in [4.78, 5) is 23.5. The van der Waals surface area contributed by atoms with Crippen LogP contribution in [0.1, 0.15) is 24.2 Å². The van der Waals surface area contributed by atoms with Gasteiger partial charge in [0.2, 0.25) is 0 Å². The van der Waals surface area contributed by atoms with Crippen LogP contribution in [-0.2, 0) is 9.53 Å². The summed E-state index contributed by atoms with van der Waals surface area (Å²) < 4.78 is 23.9. The second-order valence-corrected chi connectivity index (χ2v) is 5.88. The average molecular weight is 366 g/mol. The fourth-order valence-electron chi connectivity index (χ4n) is 1.90. The Hall–Kier alpha value is -2.60. The molecule has 0 aliphatic heterocycles. The lowest BCUT2D eigenvalue weighted by atomic mass is 10.2. The fraction of sp³-hybridized carbons (Fsp3) is 0.222. The highest BCUT2D eigenvalue weighted by atomic mass is 35.5. The molecule has 1 N–H and O–H groups in total. The Kier molecular flexibility index (Phi) is 6.36.